The van der Waals surface area contributed by atoms with Crippen LogP contribution in [0.5, 0.6) is 11.5 Å². The van der Waals surface area contributed by atoms with Crippen LogP contribution in [0.1, 0.15) is 43.7 Å². The molecule has 1 atom stereocenters. The number of carbonyl (C=O) groups is 2. The minimum Gasteiger partial charge on any atom is -0.448 e. The molecule has 152 valence electrons. The van der Waals surface area contributed by atoms with Gasteiger partial charge < -0.3 is 25.8 Å². The number of halogens is 1. The van der Waals surface area contributed by atoms with Gasteiger partial charge in [0.25, 0.3) is 5.79 Å². The maximum Gasteiger partial charge on any atom is 0.312 e. The summed E-state index contributed by atoms with van der Waals surface area (Å²) in [5.74, 6) is 0.512. The van der Waals surface area contributed by atoms with Crippen LogP contribution in [-0.2, 0) is 4.79 Å². The zero-order valence-corrected chi connectivity index (χ0v) is 16.5. The summed E-state index contributed by atoms with van der Waals surface area (Å²) in [5.41, 5.74) is 6.60. The first kappa shape index (κ1) is 19.4. The Labute approximate surface area is 173 Å². The molecule has 4 N–H and O–H groups in total. The molecule has 1 fully saturated rings. The van der Waals surface area contributed by atoms with E-state index in [1.54, 1.807) is 42.5 Å². The number of nitrogens with two attached hydrogens (primary N) is 1. The number of hydrogen-bond acceptors (Lipinski definition) is 4. The molecule has 1 aliphatic heterocycles. The van der Waals surface area contributed by atoms with Crippen molar-refractivity contribution in [3.63, 3.8) is 0 Å². The average Bonchev–Trinajstić information content (AvgIpc) is 3.27. The van der Waals surface area contributed by atoms with E-state index >= 15 is 0 Å². The number of benzene rings is 2. The molecule has 29 heavy (non-hydrogen) atoms. The van der Waals surface area contributed by atoms with Crippen molar-refractivity contribution >= 4 is 29.2 Å². The Morgan fingerprint density at radius 1 is 1.07 bits per heavy atom. The third kappa shape index (κ3) is 4.40. The van der Waals surface area contributed by atoms with Crippen LogP contribution in [0.25, 0.3) is 0 Å². The van der Waals surface area contributed by atoms with Crippen molar-refractivity contribution in [3.8, 4) is 11.5 Å². The van der Waals surface area contributed by atoms with Crippen molar-refractivity contribution in [2.75, 3.05) is 5.32 Å². The number of nitrogens with one attached hydrogen (secondary N) is 2. The third-order valence-corrected chi connectivity index (χ3v) is 5.42. The van der Waals surface area contributed by atoms with Crippen LogP contribution in [0.3, 0.4) is 0 Å². The Morgan fingerprint density at radius 3 is 2.45 bits per heavy atom. The van der Waals surface area contributed by atoms with Crippen molar-refractivity contribution in [1.29, 1.82) is 0 Å². The Bertz CT molecular complexity index is 926. The molecular weight excluding hydrogens is 394 g/mol. The number of carbonyl (C=O) groups excluding carboxylic acids is 2. The van der Waals surface area contributed by atoms with Gasteiger partial charge in [0.15, 0.2) is 11.5 Å². The van der Waals surface area contributed by atoms with E-state index in [0.29, 0.717) is 22.2 Å². The topological polar surface area (TPSA) is 103 Å². The normalized spacial score (nSPS) is 17.1. The van der Waals surface area contributed by atoms with E-state index in [4.69, 9.17) is 26.8 Å². The van der Waals surface area contributed by atoms with E-state index in [1.165, 1.54) is 0 Å². The molecule has 1 aliphatic carbocycles. The molecule has 0 aromatic heterocycles. The number of primary amides is 1. The predicted octanol–water partition coefficient (Wildman–Crippen LogP) is 4.12. The zero-order valence-electron chi connectivity index (χ0n) is 15.7. The number of urea groups is 1. The largest absolute Gasteiger partial charge is 0.448 e. The molecule has 0 radical (unpaired) electrons. The van der Waals surface area contributed by atoms with Crippen LogP contribution in [0, 0.1) is 0 Å². The minimum atomic E-state index is -0.706. The quantitative estimate of drug-likeness (QED) is 0.683. The van der Waals surface area contributed by atoms with Crippen molar-refractivity contribution in [3.05, 3.63) is 53.1 Å². The lowest BCUT2D eigenvalue weighted by Gasteiger charge is -2.21. The van der Waals surface area contributed by atoms with Gasteiger partial charge in [0, 0.05) is 29.6 Å². The van der Waals surface area contributed by atoms with Gasteiger partial charge in [-0.2, -0.15) is 0 Å². The second-order valence-corrected chi connectivity index (χ2v) is 7.78. The molecular formula is C21H22ClN3O4. The second-order valence-electron chi connectivity index (χ2n) is 7.35. The maximum atomic E-state index is 12.6. The fourth-order valence-corrected chi connectivity index (χ4v) is 3.93. The molecule has 3 amide bonds. The molecule has 2 aromatic carbocycles. The molecule has 1 heterocycles. The maximum absolute atomic E-state index is 12.6. The molecule has 4 rings (SSSR count). The van der Waals surface area contributed by atoms with Gasteiger partial charge in [-0.1, -0.05) is 23.7 Å². The summed E-state index contributed by atoms with van der Waals surface area (Å²) >= 11 is 5.91. The van der Waals surface area contributed by atoms with Gasteiger partial charge in [0.1, 0.15) is 0 Å². The summed E-state index contributed by atoms with van der Waals surface area (Å²) in [4.78, 5) is 24.0. The van der Waals surface area contributed by atoms with Gasteiger partial charge in [0.2, 0.25) is 5.91 Å². The Morgan fingerprint density at radius 2 is 1.76 bits per heavy atom. The lowest BCUT2D eigenvalue weighted by atomic mass is 10.0. The molecule has 0 unspecified atom stereocenters. The average molecular weight is 416 g/mol. The second kappa shape index (κ2) is 7.83. The SMILES string of the molecule is NC(=O)N[C@@H](CC(=O)Nc1ccc2c(c1)OC1(CCCC1)O2)c1ccc(Cl)cc1. The van der Waals surface area contributed by atoms with E-state index < -0.39 is 17.9 Å². The fraction of sp³-hybridized carbons (Fsp3) is 0.333. The molecule has 1 saturated carbocycles. The van der Waals surface area contributed by atoms with Crippen LogP contribution in [0.15, 0.2) is 42.5 Å². The smallest absolute Gasteiger partial charge is 0.312 e. The lowest BCUT2D eigenvalue weighted by Crippen LogP contribution is -2.35. The number of hydrogen-bond donors (Lipinski definition) is 3. The van der Waals surface area contributed by atoms with Crippen molar-refractivity contribution in [2.45, 2.75) is 43.9 Å². The van der Waals surface area contributed by atoms with Gasteiger partial charge in [-0.05, 0) is 42.7 Å². The summed E-state index contributed by atoms with van der Waals surface area (Å²) in [6.07, 6.45) is 3.91. The Hall–Kier alpha value is -2.93. The number of fused-ring (bicyclic) bond motifs is 1. The number of amides is 3. The first-order chi connectivity index (χ1) is 13.9. The Kier molecular flexibility index (Phi) is 5.24. The highest BCUT2D eigenvalue weighted by atomic mass is 35.5. The first-order valence-electron chi connectivity index (χ1n) is 9.56. The Balaban J connectivity index is 1.43. The molecule has 7 nitrogen and oxygen atoms in total. The molecule has 8 heteroatoms. The van der Waals surface area contributed by atoms with Gasteiger partial charge in [-0.15, -0.1) is 0 Å². The summed E-state index contributed by atoms with van der Waals surface area (Å²) in [6, 6.07) is 10.9. The van der Waals surface area contributed by atoms with E-state index in [0.717, 1.165) is 31.2 Å². The summed E-state index contributed by atoms with van der Waals surface area (Å²) in [6.45, 7) is 0. The monoisotopic (exact) mass is 415 g/mol. The van der Waals surface area contributed by atoms with Crippen LogP contribution in [0.4, 0.5) is 10.5 Å². The summed E-state index contributed by atoms with van der Waals surface area (Å²) < 4.78 is 12.0. The van der Waals surface area contributed by atoms with Gasteiger partial charge in [0.05, 0.1) is 12.5 Å². The first-order valence-corrected chi connectivity index (χ1v) is 9.94. The molecule has 2 aliphatic rings. The van der Waals surface area contributed by atoms with Crippen molar-refractivity contribution in [1.82, 2.24) is 5.32 Å². The number of ether oxygens (including phenoxy) is 2. The summed E-state index contributed by atoms with van der Waals surface area (Å²) in [5, 5.41) is 6.01. The van der Waals surface area contributed by atoms with Crippen molar-refractivity contribution in [2.24, 2.45) is 5.73 Å². The van der Waals surface area contributed by atoms with Crippen LogP contribution >= 0.6 is 11.6 Å². The number of anilines is 1. The zero-order chi connectivity index (χ0) is 20.4. The van der Waals surface area contributed by atoms with Crippen LogP contribution < -0.4 is 25.8 Å². The summed E-state index contributed by atoms with van der Waals surface area (Å²) in [7, 11) is 0. The van der Waals surface area contributed by atoms with Gasteiger partial charge in [-0.25, -0.2) is 4.79 Å². The number of rotatable bonds is 5. The van der Waals surface area contributed by atoms with E-state index in [9.17, 15) is 9.59 Å². The van der Waals surface area contributed by atoms with Crippen LogP contribution in [0.2, 0.25) is 5.02 Å². The van der Waals surface area contributed by atoms with Crippen LogP contribution in [-0.4, -0.2) is 17.7 Å². The fourth-order valence-electron chi connectivity index (χ4n) is 3.81. The molecule has 0 bridgehead atoms. The van der Waals surface area contributed by atoms with Gasteiger partial charge >= 0.3 is 6.03 Å². The van der Waals surface area contributed by atoms with E-state index in [1.807, 2.05) is 0 Å². The van der Waals surface area contributed by atoms with E-state index in [2.05, 4.69) is 10.6 Å². The third-order valence-electron chi connectivity index (χ3n) is 5.16. The lowest BCUT2D eigenvalue weighted by molar-refractivity contribution is -0.116. The molecule has 0 saturated heterocycles. The van der Waals surface area contributed by atoms with Gasteiger partial charge in [-0.3, -0.25) is 4.79 Å². The predicted molar refractivity (Wildman–Crippen MR) is 109 cm³/mol. The van der Waals surface area contributed by atoms with Crippen molar-refractivity contribution < 1.29 is 19.1 Å². The van der Waals surface area contributed by atoms with E-state index in [-0.39, 0.29) is 12.3 Å². The minimum absolute atomic E-state index is 0.0168. The highest BCUT2D eigenvalue weighted by molar-refractivity contribution is 6.30. The molecule has 2 aromatic rings. The highest BCUT2D eigenvalue weighted by Crippen LogP contribution is 2.47. The molecule has 1 spiro atoms. The standard InChI is InChI=1S/C21H22ClN3O4/c22-14-5-3-13(4-6-14)16(25-20(23)27)12-19(26)24-15-7-8-17-18(11-15)29-21(28-17)9-1-2-10-21/h3-8,11,16H,1-2,9-10,12H2,(H,24,26)(H3,23,25,27)/t16-/m0/s1. The highest BCUT2D eigenvalue weighted by Gasteiger charge is 2.44.